The summed E-state index contributed by atoms with van der Waals surface area (Å²) >= 11 is 0. The molecular weight excluding hydrogens is 272 g/mol. The highest BCUT2D eigenvalue weighted by molar-refractivity contribution is 5.51. The van der Waals surface area contributed by atoms with E-state index < -0.39 is 0 Å². The van der Waals surface area contributed by atoms with Gasteiger partial charge in [-0.05, 0) is 55.7 Å². The van der Waals surface area contributed by atoms with Gasteiger partial charge in [-0.2, -0.15) is 0 Å². The molecule has 0 saturated carbocycles. The first-order valence-corrected chi connectivity index (χ1v) is 8.54. The third-order valence-corrected chi connectivity index (χ3v) is 4.65. The van der Waals surface area contributed by atoms with E-state index >= 15 is 0 Å². The minimum atomic E-state index is 0.105. The molecule has 0 bridgehead atoms. The van der Waals surface area contributed by atoms with E-state index in [2.05, 4.69) is 33.8 Å². The second-order valence-electron chi connectivity index (χ2n) is 7.67. The molecule has 1 aromatic carbocycles. The lowest BCUT2D eigenvalue weighted by Crippen LogP contribution is -2.20. The molecule has 1 aliphatic rings. The van der Waals surface area contributed by atoms with Crippen molar-refractivity contribution in [2.24, 2.45) is 5.41 Å². The van der Waals surface area contributed by atoms with Crippen molar-refractivity contribution in [3.63, 3.8) is 0 Å². The van der Waals surface area contributed by atoms with Crippen LogP contribution in [-0.4, -0.2) is 10.2 Å². The van der Waals surface area contributed by atoms with Crippen molar-refractivity contribution in [1.29, 1.82) is 0 Å². The van der Waals surface area contributed by atoms with Crippen LogP contribution in [0.5, 0.6) is 11.5 Å². The molecule has 0 aliphatic heterocycles. The molecule has 0 saturated heterocycles. The average Bonchev–Trinajstić information content (AvgIpc) is 2.35. The Bertz CT molecular complexity index is 532. The Morgan fingerprint density at radius 1 is 1.14 bits per heavy atom. The van der Waals surface area contributed by atoms with E-state index in [1.165, 1.54) is 18.4 Å². The number of phenols is 2. The maximum atomic E-state index is 10.4. The molecule has 1 aromatic rings. The van der Waals surface area contributed by atoms with E-state index in [1.807, 2.05) is 12.1 Å². The van der Waals surface area contributed by atoms with Crippen molar-refractivity contribution >= 4 is 0 Å². The molecule has 2 N–H and O–H groups in total. The van der Waals surface area contributed by atoms with Gasteiger partial charge in [0, 0.05) is 11.5 Å². The molecule has 2 rings (SSSR count). The number of hydrogen-bond donors (Lipinski definition) is 2. The number of hydrogen-bond acceptors (Lipinski definition) is 2. The molecule has 0 spiro atoms. The summed E-state index contributed by atoms with van der Waals surface area (Å²) in [6.45, 7) is 8.83. The maximum absolute atomic E-state index is 10.4. The molecule has 0 fully saturated rings. The van der Waals surface area contributed by atoms with Crippen LogP contribution in [0.4, 0.5) is 0 Å². The summed E-state index contributed by atoms with van der Waals surface area (Å²) in [5.41, 5.74) is 3.28. The molecule has 22 heavy (non-hydrogen) atoms. The molecule has 2 nitrogen and oxygen atoms in total. The molecule has 0 aromatic heterocycles. The fraction of sp³-hybridized carbons (Fsp3) is 0.600. The molecular formula is C20H30O2. The normalized spacial score (nSPS) is 20.7. The van der Waals surface area contributed by atoms with E-state index in [-0.39, 0.29) is 22.8 Å². The van der Waals surface area contributed by atoms with Crippen LogP contribution in [0.3, 0.4) is 0 Å². The summed E-state index contributed by atoms with van der Waals surface area (Å²) in [5, 5.41) is 20.9. The van der Waals surface area contributed by atoms with Gasteiger partial charge in [-0.15, -0.1) is 0 Å². The first-order chi connectivity index (χ1) is 10.3. The van der Waals surface area contributed by atoms with Gasteiger partial charge in [0.15, 0.2) is 0 Å². The summed E-state index contributed by atoms with van der Waals surface area (Å²) in [5.74, 6) is 0.602. The van der Waals surface area contributed by atoms with Crippen molar-refractivity contribution in [2.45, 2.75) is 72.1 Å². The largest absolute Gasteiger partial charge is 0.507 e. The maximum Gasteiger partial charge on any atom is 0.123 e. The van der Waals surface area contributed by atoms with E-state index in [4.69, 9.17) is 0 Å². The molecule has 0 radical (unpaired) electrons. The summed E-state index contributed by atoms with van der Waals surface area (Å²) in [6, 6.07) is 3.69. The van der Waals surface area contributed by atoms with Gasteiger partial charge in [0.25, 0.3) is 0 Å². The third-order valence-electron chi connectivity index (χ3n) is 4.65. The van der Waals surface area contributed by atoms with Crippen LogP contribution in [-0.2, 0) is 6.42 Å². The molecule has 0 heterocycles. The fourth-order valence-electron chi connectivity index (χ4n) is 3.85. The van der Waals surface area contributed by atoms with E-state index in [9.17, 15) is 10.2 Å². The monoisotopic (exact) mass is 302 g/mol. The molecule has 2 heteroatoms. The molecule has 1 unspecified atom stereocenters. The quantitative estimate of drug-likeness (QED) is 0.542. The summed E-state index contributed by atoms with van der Waals surface area (Å²) in [6.07, 6.45) is 8.63. The zero-order valence-corrected chi connectivity index (χ0v) is 14.4. The molecule has 0 amide bonds. The van der Waals surface area contributed by atoms with Gasteiger partial charge in [0.1, 0.15) is 11.5 Å². The van der Waals surface area contributed by atoms with Gasteiger partial charge < -0.3 is 10.2 Å². The lowest BCUT2D eigenvalue weighted by Gasteiger charge is -2.34. The highest BCUT2D eigenvalue weighted by Crippen LogP contribution is 2.47. The number of benzene rings is 1. The zero-order valence-electron chi connectivity index (χ0n) is 14.4. The lowest BCUT2D eigenvalue weighted by atomic mass is 9.71. The van der Waals surface area contributed by atoms with Crippen molar-refractivity contribution < 1.29 is 10.2 Å². The summed E-state index contributed by atoms with van der Waals surface area (Å²) < 4.78 is 0. The summed E-state index contributed by atoms with van der Waals surface area (Å²) in [7, 11) is 0. The van der Waals surface area contributed by atoms with E-state index in [1.54, 1.807) is 0 Å². The summed E-state index contributed by atoms with van der Waals surface area (Å²) in [4.78, 5) is 0. The Hall–Kier alpha value is -1.44. The number of aromatic hydroxyl groups is 2. The first-order valence-electron chi connectivity index (χ1n) is 8.54. The van der Waals surface area contributed by atoms with Crippen LogP contribution in [0.1, 0.15) is 76.8 Å². The smallest absolute Gasteiger partial charge is 0.123 e. The topological polar surface area (TPSA) is 40.5 Å². The lowest BCUT2D eigenvalue weighted by molar-refractivity contribution is 0.295. The predicted octanol–water partition coefficient (Wildman–Crippen LogP) is 5.68. The van der Waals surface area contributed by atoms with Gasteiger partial charge >= 0.3 is 0 Å². The van der Waals surface area contributed by atoms with Crippen LogP contribution >= 0.6 is 0 Å². The van der Waals surface area contributed by atoms with Gasteiger partial charge in [-0.3, -0.25) is 0 Å². The Balaban J connectivity index is 2.26. The zero-order chi connectivity index (χ0) is 16.3. The minimum absolute atomic E-state index is 0.105. The van der Waals surface area contributed by atoms with Gasteiger partial charge in [0.05, 0.1) is 0 Å². The van der Waals surface area contributed by atoms with E-state index in [0.717, 1.165) is 31.2 Å². The number of rotatable bonds is 5. The van der Waals surface area contributed by atoms with Gasteiger partial charge in [0.2, 0.25) is 0 Å². The standard InChI is InChI=1S/C20H30O2/c1-5-6-7-8-15-10-17(21)19(18(22)11-15)16-9-14(2)12-20(3,4)13-16/h9-11,16,21-22H,5-8,12-13H2,1-4H3. The van der Waals surface area contributed by atoms with Gasteiger partial charge in [-0.1, -0.05) is 45.3 Å². The third kappa shape index (κ3) is 4.06. The average molecular weight is 302 g/mol. The van der Waals surface area contributed by atoms with Crippen molar-refractivity contribution in [3.8, 4) is 11.5 Å². The van der Waals surface area contributed by atoms with Gasteiger partial charge in [-0.25, -0.2) is 0 Å². The minimum Gasteiger partial charge on any atom is -0.507 e. The number of allylic oxidation sites excluding steroid dienone is 2. The van der Waals surface area contributed by atoms with Crippen LogP contribution in [0.15, 0.2) is 23.8 Å². The Morgan fingerprint density at radius 3 is 2.32 bits per heavy atom. The Kier molecular flexibility index (Phi) is 5.20. The van der Waals surface area contributed by atoms with Crippen molar-refractivity contribution in [2.75, 3.05) is 0 Å². The second-order valence-corrected chi connectivity index (χ2v) is 7.67. The predicted molar refractivity (Wildman–Crippen MR) is 92.5 cm³/mol. The Morgan fingerprint density at radius 2 is 1.77 bits per heavy atom. The molecule has 122 valence electrons. The number of phenolic OH excluding ortho intramolecular Hbond substituents is 2. The van der Waals surface area contributed by atoms with Crippen molar-refractivity contribution in [3.05, 3.63) is 34.9 Å². The number of unbranched alkanes of at least 4 members (excludes halogenated alkanes) is 2. The van der Waals surface area contributed by atoms with Crippen LogP contribution in [0.2, 0.25) is 0 Å². The van der Waals surface area contributed by atoms with Crippen LogP contribution < -0.4 is 0 Å². The Labute approximate surface area is 134 Å². The van der Waals surface area contributed by atoms with Crippen LogP contribution in [0, 0.1) is 5.41 Å². The fourth-order valence-corrected chi connectivity index (χ4v) is 3.85. The SMILES string of the molecule is CCCCCc1cc(O)c(C2C=C(C)CC(C)(C)C2)c(O)c1. The molecule has 1 atom stereocenters. The first kappa shape index (κ1) is 16.9. The molecule has 1 aliphatic carbocycles. The van der Waals surface area contributed by atoms with E-state index in [0.29, 0.717) is 5.56 Å². The van der Waals surface area contributed by atoms with Crippen LogP contribution in [0.25, 0.3) is 0 Å². The second kappa shape index (κ2) is 6.76. The highest BCUT2D eigenvalue weighted by Gasteiger charge is 2.30. The highest BCUT2D eigenvalue weighted by atomic mass is 16.3. The number of aryl methyl sites for hydroxylation is 1. The van der Waals surface area contributed by atoms with Crippen molar-refractivity contribution in [1.82, 2.24) is 0 Å².